The van der Waals surface area contributed by atoms with E-state index in [0.29, 0.717) is 6.42 Å². The summed E-state index contributed by atoms with van der Waals surface area (Å²) < 4.78 is 5.28. The Balaban J connectivity index is 4.32. The van der Waals surface area contributed by atoms with Crippen molar-refractivity contribution in [2.24, 2.45) is 5.41 Å². The van der Waals surface area contributed by atoms with Gasteiger partial charge in [0.2, 0.25) is 0 Å². The number of rotatable bonds is 5. The maximum Gasteiger partial charge on any atom is 0.0822 e. The highest BCUT2D eigenvalue weighted by atomic mass is 16.5. The van der Waals surface area contributed by atoms with Gasteiger partial charge in [-0.15, -0.1) is 0 Å². The van der Waals surface area contributed by atoms with Gasteiger partial charge in [-0.25, -0.2) is 0 Å². The molecule has 0 saturated heterocycles. The molecule has 0 bridgehead atoms. The van der Waals surface area contributed by atoms with E-state index in [1.165, 1.54) is 0 Å². The van der Waals surface area contributed by atoms with Crippen LogP contribution in [0.4, 0.5) is 0 Å². The van der Waals surface area contributed by atoms with E-state index >= 15 is 0 Å². The second kappa shape index (κ2) is 4.40. The van der Waals surface area contributed by atoms with Crippen molar-refractivity contribution in [2.45, 2.75) is 45.8 Å². The van der Waals surface area contributed by atoms with Crippen molar-refractivity contribution in [1.29, 1.82) is 0 Å². The first-order valence-electron chi connectivity index (χ1n) is 4.59. The Labute approximate surface area is 80.7 Å². The van der Waals surface area contributed by atoms with Crippen molar-refractivity contribution >= 4 is 0 Å². The maximum absolute atomic E-state index is 9.54. The molecular formula is C10H22O3. The normalized spacial score (nSPS) is 15.9. The van der Waals surface area contributed by atoms with Crippen molar-refractivity contribution < 1.29 is 14.9 Å². The average Bonchev–Trinajstić information content (AvgIpc) is 2.01. The minimum absolute atomic E-state index is 0.202. The highest BCUT2D eigenvalue weighted by Crippen LogP contribution is 2.32. The van der Waals surface area contributed by atoms with Crippen molar-refractivity contribution in [2.75, 3.05) is 13.7 Å². The van der Waals surface area contributed by atoms with Gasteiger partial charge in [0.15, 0.2) is 0 Å². The summed E-state index contributed by atoms with van der Waals surface area (Å²) in [5.74, 6) is 0. The van der Waals surface area contributed by atoms with Crippen LogP contribution in [0.3, 0.4) is 0 Å². The zero-order valence-corrected chi connectivity index (χ0v) is 9.29. The third-order valence-corrected chi connectivity index (χ3v) is 2.51. The molecule has 1 atom stereocenters. The Bertz CT molecular complexity index is 152. The van der Waals surface area contributed by atoms with Crippen LogP contribution >= 0.6 is 0 Å². The third kappa shape index (κ3) is 4.07. The van der Waals surface area contributed by atoms with E-state index in [1.54, 1.807) is 7.11 Å². The molecule has 3 nitrogen and oxygen atoms in total. The first kappa shape index (κ1) is 12.9. The largest absolute Gasteiger partial charge is 0.394 e. The molecule has 0 saturated carbocycles. The summed E-state index contributed by atoms with van der Waals surface area (Å²) in [6.07, 6.45) is 0.0139. The Morgan fingerprint density at radius 3 is 2.00 bits per heavy atom. The molecular weight excluding hydrogens is 168 g/mol. The van der Waals surface area contributed by atoms with Gasteiger partial charge in [0.1, 0.15) is 0 Å². The molecule has 0 amide bonds. The number of hydrogen-bond donors (Lipinski definition) is 2. The molecule has 0 radical (unpaired) electrons. The van der Waals surface area contributed by atoms with E-state index in [9.17, 15) is 5.11 Å². The molecule has 80 valence electrons. The number of hydrogen-bond acceptors (Lipinski definition) is 3. The van der Waals surface area contributed by atoms with Crippen LogP contribution in [0, 0.1) is 5.41 Å². The third-order valence-electron chi connectivity index (χ3n) is 2.51. The first-order chi connectivity index (χ1) is 5.75. The molecule has 0 heterocycles. The van der Waals surface area contributed by atoms with Crippen molar-refractivity contribution in [3.05, 3.63) is 0 Å². The molecule has 3 heteroatoms. The first-order valence-corrected chi connectivity index (χ1v) is 4.59. The van der Waals surface area contributed by atoms with Crippen molar-refractivity contribution in [3.8, 4) is 0 Å². The van der Waals surface area contributed by atoms with Crippen LogP contribution in [0.15, 0.2) is 0 Å². The quantitative estimate of drug-likeness (QED) is 0.684. The summed E-state index contributed by atoms with van der Waals surface area (Å²) in [6.45, 7) is 7.59. The molecule has 0 aliphatic carbocycles. The van der Waals surface area contributed by atoms with E-state index in [4.69, 9.17) is 9.84 Å². The highest BCUT2D eigenvalue weighted by molar-refractivity contribution is 4.84. The highest BCUT2D eigenvalue weighted by Gasteiger charge is 2.34. The van der Waals surface area contributed by atoms with Gasteiger partial charge >= 0.3 is 0 Å². The van der Waals surface area contributed by atoms with Crippen LogP contribution in [0.5, 0.6) is 0 Å². The Hall–Kier alpha value is -0.120. The molecule has 0 aromatic carbocycles. The molecule has 0 aliphatic rings. The standard InChI is InChI=1S/C10H22O3/c1-9(2,8(12)6-11)7-10(3,4)13-5/h8,11-12H,6-7H2,1-5H3. The summed E-state index contributed by atoms with van der Waals surface area (Å²) >= 11 is 0. The zero-order valence-electron chi connectivity index (χ0n) is 9.29. The summed E-state index contributed by atoms with van der Waals surface area (Å²) in [5, 5.41) is 18.4. The number of aliphatic hydroxyl groups excluding tert-OH is 2. The maximum atomic E-state index is 9.54. The van der Waals surface area contributed by atoms with Crippen LogP contribution in [-0.4, -0.2) is 35.6 Å². The van der Waals surface area contributed by atoms with E-state index in [2.05, 4.69) is 0 Å². The minimum atomic E-state index is -0.693. The number of methoxy groups -OCH3 is 1. The number of aliphatic hydroxyl groups is 2. The van der Waals surface area contributed by atoms with Crippen LogP contribution in [0.2, 0.25) is 0 Å². The molecule has 0 aromatic rings. The molecule has 0 spiro atoms. The Morgan fingerprint density at radius 1 is 1.23 bits per heavy atom. The predicted octanol–water partition coefficient (Wildman–Crippen LogP) is 1.18. The molecule has 13 heavy (non-hydrogen) atoms. The Morgan fingerprint density at radius 2 is 1.69 bits per heavy atom. The summed E-state index contributed by atoms with van der Waals surface area (Å²) in [6, 6.07) is 0. The van der Waals surface area contributed by atoms with Crippen LogP contribution in [0.1, 0.15) is 34.1 Å². The summed E-state index contributed by atoms with van der Waals surface area (Å²) in [7, 11) is 1.65. The lowest BCUT2D eigenvalue weighted by molar-refractivity contribution is -0.0645. The Kier molecular flexibility index (Phi) is 4.36. The molecule has 0 aliphatic heterocycles. The van der Waals surface area contributed by atoms with Gasteiger partial charge in [-0.2, -0.15) is 0 Å². The fourth-order valence-electron chi connectivity index (χ4n) is 1.53. The van der Waals surface area contributed by atoms with E-state index < -0.39 is 6.10 Å². The SMILES string of the molecule is COC(C)(C)CC(C)(C)C(O)CO. The molecule has 2 N–H and O–H groups in total. The zero-order chi connectivity index (χ0) is 10.7. The van der Waals surface area contributed by atoms with Crippen LogP contribution < -0.4 is 0 Å². The van der Waals surface area contributed by atoms with Gasteiger partial charge in [-0.05, 0) is 25.7 Å². The second-order valence-electron chi connectivity index (χ2n) is 4.83. The fraction of sp³-hybridized carbons (Fsp3) is 1.00. The van der Waals surface area contributed by atoms with Crippen LogP contribution in [-0.2, 0) is 4.74 Å². The summed E-state index contributed by atoms with van der Waals surface area (Å²) in [5.41, 5.74) is -0.589. The van der Waals surface area contributed by atoms with Gasteiger partial charge < -0.3 is 14.9 Å². The lowest BCUT2D eigenvalue weighted by Crippen LogP contribution is -2.39. The second-order valence-corrected chi connectivity index (χ2v) is 4.83. The molecule has 1 unspecified atom stereocenters. The summed E-state index contributed by atoms with van der Waals surface area (Å²) in [4.78, 5) is 0. The van der Waals surface area contributed by atoms with Gasteiger partial charge in [-0.3, -0.25) is 0 Å². The molecule has 0 fully saturated rings. The monoisotopic (exact) mass is 190 g/mol. The topological polar surface area (TPSA) is 49.7 Å². The smallest absolute Gasteiger partial charge is 0.0822 e. The van der Waals surface area contributed by atoms with E-state index in [-0.39, 0.29) is 17.6 Å². The van der Waals surface area contributed by atoms with Gasteiger partial charge in [-0.1, -0.05) is 13.8 Å². The predicted molar refractivity (Wildman–Crippen MR) is 52.6 cm³/mol. The van der Waals surface area contributed by atoms with Crippen LogP contribution in [0.25, 0.3) is 0 Å². The molecule has 0 rings (SSSR count). The van der Waals surface area contributed by atoms with E-state index in [1.807, 2.05) is 27.7 Å². The van der Waals surface area contributed by atoms with Crippen molar-refractivity contribution in [1.82, 2.24) is 0 Å². The van der Waals surface area contributed by atoms with Gasteiger partial charge in [0.25, 0.3) is 0 Å². The average molecular weight is 190 g/mol. The number of ether oxygens (including phenoxy) is 1. The lowest BCUT2D eigenvalue weighted by atomic mass is 9.77. The minimum Gasteiger partial charge on any atom is -0.394 e. The van der Waals surface area contributed by atoms with Gasteiger partial charge in [0, 0.05) is 7.11 Å². The molecule has 0 aromatic heterocycles. The fourth-order valence-corrected chi connectivity index (χ4v) is 1.53. The lowest BCUT2D eigenvalue weighted by Gasteiger charge is -2.36. The van der Waals surface area contributed by atoms with Crippen molar-refractivity contribution in [3.63, 3.8) is 0 Å². The van der Waals surface area contributed by atoms with E-state index in [0.717, 1.165) is 0 Å². The van der Waals surface area contributed by atoms with Gasteiger partial charge in [0.05, 0.1) is 18.3 Å².